The van der Waals surface area contributed by atoms with Crippen molar-refractivity contribution in [3.05, 3.63) is 125 Å². The summed E-state index contributed by atoms with van der Waals surface area (Å²) in [6.07, 6.45) is 0. The van der Waals surface area contributed by atoms with Gasteiger partial charge in [-0.25, -0.2) is 4.98 Å². The van der Waals surface area contributed by atoms with Crippen molar-refractivity contribution < 1.29 is 9.59 Å². The summed E-state index contributed by atoms with van der Waals surface area (Å²) in [4.78, 5) is 35.1. The number of pyridine rings is 1. The zero-order valence-electron chi connectivity index (χ0n) is 18.6. The average Bonchev–Trinajstić information content (AvgIpc) is 3.35. The highest BCUT2D eigenvalue weighted by Gasteiger charge is 2.39. The second-order valence-corrected chi connectivity index (χ2v) is 8.80. The second-order valence-electron chi connectivity index (χ2n) is 8.80. The molecule has 0 fully saturated rings. The third kappa shape index (κ3) is 3.46. The van der Waals surface area contributed by atoms with Crippen LogP contribution in [0.2, 0.25) is 0 Å². The largest absolute Gasteiger partial charge is 0.329 e. The molecule has 0 radical (unpaired) electrons. The zero-order valence-corrected chi connectivity index (χ0v) is 18.6. The monoisotopic (exact) mass is 445 g/mol. The van der Waals surface area contributed by atoms with Crippen LogP contribution in [0, 0.1) is 0 Å². The molecule has 2 amide bonds. The molecule has 6 rings (SSSR count). The maximum absolute atomic E-state index is 13.4. The number of nitrogens with zero attached hydrogens (tertiary/aromatic N) is 3. The molecule has 5 heteroatoms. The van der Waals surface area contributed by atoms with Gasteiger partial charge >= 0.3 is 0 Å². The lowest BCUT2D eigenvalue weighted by Gasteiger charge is -2.17. The van der Waals surface area contributed by atoms with E-state index in [1.807, 2.05) is 101 Å². The molecule has 166 valence electrons. The van der Waals surface area contributed by atoms with Crippen molar-refractivity contribution in [1.29, 1.82) is 0 Å². The highest BCUT2D eigenvalue weighted by atomic mass is 16.2. The molecule has 3 heterocycles. The van der Waals surface area contributed by atoms with Crippen molar-refractivity contribution in [3.8, 4) is 11.1 Å². The van der Waals surface area contributed by atoms with Crippen LogP contribution in [0.1, 0.15) is 43.2 Å². The summed E-state index contributed by atoms with van der Waals surface area (Å²) >= 11 is 0. The standard InChI is InChI=1S/C29H23N3O2/c33-28-26-23(18-31(28)16-20-10-4-1-5-11-20)25(22-14-8-3-9-15-22)24-19-32(29(34)27(24)30-26)17-21-12-6-2-7-13-21/h1-15H,16-19H2. The molecular formula is C29H23N3O2. The van der Waals surface area contributed by atoms with Gasteiger partial charge in [0, 0.05) is 37.3 Å². The maximum Gasteiger partial charge on any atom is 0.273 e. The Morgan fingerprint density at radius 3 is 1.44 bits per heavy atom. The van der Waals surface area contributed by atoms with Crippen molar-refractivity contribution in [1.82, 2.24) is 14.8 Å². The van der Waals surface area contributed by atoms with Crippen LogP contribution in [0.5, 0.6) is 0 Å². The van der Waals surface area contributed by atoms with E-state index >= 15 is 0 Å². The smallest absolute Gasteiger partial charge is 0.273 e. The number of hydrogen-bond acceptors (Lipinski definition) is 3. The lowest BCUT2D eigenvalue weighted by atomic mass is 9.94. The summed E-state index contributed by atoms with van der Waals surface area (Å²) in [5.41, 5.74) is 6.78. The van der Waals surface area contributed by atoms with E-state index in [2.05, 4.69) is 4.98 Å². The highest BCUT2D eigenvalue weighted by Crippen LogP contribution is 2.40. The molecule has 0 spiro atoms. The molecule has 1 aromatic heterocycles. The number of carbonyl (C=O) groups excluding carboxylic acids is 2. The van der Waals surface area contributed by atoms with Gasteiger partial charge in [0.1, 0.15) is 11.4 Å². The van der Waals surface area contributed by atoms with Crippen LogP contribution in [0.15, 0.2) is 91.0 Å². The number of amides is 2. The molecule has 0 N–H and O–H groups in total. The van der Waals surface area contributed by atoms with Crippen LogP contribution in [-0.2, 0) is 26.2 Å². The van der Waals surface area contributed by atoms with E-state index in [1.165, 1.54) is 0 Å². The lowest BCUT2D eigenvalue weighted by molar-refractivity contribution is 0.0758. The fourth-order valence-electron chi connectivity index (χ4n) is 4.97. The molecule has 4 aromatic rings. The first-order chi connectivity index (χ1) is 16.7. The normalized spacial score (nSPS) is 14.5. The van der Waals surface area contributed by atoms with Crippen molar-refractivity contribution in [2.24, 2.45) is 0 Å². The van der Waals surface area contributed by atoms with E-state index < -0.39 is 0 Å². The number of rotatable bonds is 5. The Labute approximate surface area is 198 Å². The first-order valence-corrected chi connectivity index (χ1v) is 11.5. The van der Waals surface area contributed by atoms with Crippen LogP contribution in [-0.4, -0.2) is 26.6 Å². The Hall–Kier alpha value is -4.25. The number of carbonyl (C=O) groups is 2. The van der Waals surface area contributed by atoms with Gasteiger partial charge in [-0.05, 0) is 22.3 Å². The SMILES string of the molecule is O=C1c2nc3c(c(-c4ccccc4)c2CN1Cc1ccccc1)CN(Cc1ccccc1)C3=O. The Morgan fingerprint density at radius 2 is 1.00 bits per heavy atom. The molecule has 5 nitrogen and oxygen atoms in total. The zero-order chi connectivity index (χ0) is 23.1. The lowest BCUT2D eigenvalue weighted by Crippen LogP contribution is -2.25. The molecule has 0 aliphatic carbocycles. The van der Waals surface area contributed by atoms with E-state index in [4.69, 9.17) is 0 Å². The fourth-order valence-corrected chi connectivity index (χ4v) is 4.97. The highest BCUT2D eigenvalue weighted by molar-refractivity contribution is 6.04. The molecule has 0 bridgehead atoms. The van der Waals surface area contributed by atoms with Crippen LogP contribution < -0.4 is 0 Å². The molecule has 0 saturated heterocycles. The number of aromatic nitrogens is 1. The van der Waals surface area contributed by atoms with Gasteiger partial charge in [-0.2, -0.15) is 0 Å². The summed E-state index contributed by atoms with van der Waals surface area (Å²) in [5.74, 6) is -0.235. The van der Waals surface area contributed by atoms with Crippen molar-refractivity contribution in [2.75, 3.05) is 0 Å². The first kappa shape index (κ1) is 20.4. The first-order valence-electron chi connectivity index (χ1n) is 11.5. The summed E-state index contributed by atoms with van der Waals surface area (Å²) in [6, 6.07) is 30.0. The Balaban J connectivity index is 1.42. The molecule has 2 aliphatic heterocycles. The van der Waals surface area contributed by atoms with E-state index in [0.717, 1.165) is 33.4 Å². The molecule has 0 unspecified atom stereocenters. The molecule has 0 saturated carbocycles. The van der Waals surface area contributed by atoms with Crippen LogP contribution >= 0.6 is 0 Å². The number of hydrogen-bond donors (Lipinski definition) is 0. The van der Waals surface area contributed by atoms with E-state index in [-0.39, 0.29) is 11.8 Å². The van der Waals surface area contributed by atoms with Crippen molar-refractivity contribution in [3.63, 3.8) is 0 Å². The minimum absolute atomic E-state index is 0.117. The summed E-state index contributed by atoms with van der Waals surface area (Å²) in [5, 5.41) is 0. The van der Waals surface area contributed by atoms with Gasteiger partial charge < -0.3 is 9.80 Å². The van der Waals surface area contributed by atoms with Crippen molar-refractivity contribution in [2.45, 2.75) is 26.2 Å². The Kier molecular flexibility index (Phi) is 4.95. The van der Waals surface area contributed by atoms with Gasteiger partial charge in [0.2, 0.25) is 0 Å². The quantitative estimate of drug-likeness (QED) is 0.431. The van der Waals surface area contributed by atoms with E-state index in [1.54, 1.807) is 0 Å². The van der Waals surface area contributed by atoms with Gasteiger partial charge in [0.15, 0.2) is 0 Å². The Bertz CT molecular complexity index is 1300. The molecule has 34 heavy (non-hydrogen) atoms. The maximum atomic E-state index is 13.4. The topological polar surface area (TPSA) is 53.5 Å². The Morgan fingerprint density at radius 1 is 0.588 bits per heavy atom. The van der Waals surface area contributed by atoms with Gasteiger partial charge in [-0.3, -0.25) is 9.59 Å². The van der Waals surface area contributed by atoms with Crippen LogP contribution in [0.3, 0.4) is 0 Å². The number of fused-ring (bicyclic) bond motifs is 2. The van der Waals surface area contributed by atoms with E-state index in [0.29, 0.717) is 37.6 Å². The van der Waals surface area contributed by atoms with Gasteiger partial charge in [0.05, 0.1) is 0 Å². The van der Waals surface area contributed by atoms with Crippen LogP contribution in [0.25, 0.3) is 11.1 Å². The third-order valence-electron chi connectivity index (χ3n) is 6.57. The minimum Gasteiger partial charge on any atom is -0.329 e. The predicted molar refractivity (Wildman–Crippen MR) is 130 cm³/mol. The van der Waals surface area contributed by atoms with E-state index in [9.17, 15) is 9.59 Å². The second kappa shape index (κ2) is 8.27. The third-order valence-corrected chi connectivity index (χ3v) is 6.57. The summed E-state index contributed by atoms with van der Waals surface area (Å²) in [6.45, 7) is 2.01. The fraction of sp³-hybridized carbons (Fsp3) is 0.138. The van der Waals surface area contributed by atoms with Crippen molar-refractivity contribution >= 4 is 11.8 Å². The summed E-state index contributed by atoms with van der Waals surface area (Å²) < 4.78 is 0. The van der Waals surface area contributed by atoms with Crippen LogP contribution in [0.4, 0.5) is 0 Å². The van der Waals surface area contributed by atoms with Gasteiger partial charge in [-0.15, -0.1) is 0 Å². The average molecular weight is 446 g/mol. The molecule has 0 atom stereocenters. The van der Waals surface area contributed by atoms with Gasteiger partial charge in [0.25, 0.3) is 11.8 Å². The van der Waals surface area contributed by atoms with Gasteiger partial charge in [-0.1, -0.05) is 91.0 Å². The summed E-state index contributed by atoms with van der Waals surface area (Å²) in [7, 11) is 0. The molecule has 3 aromatic carbocycles. The number of benzene rings is 3. The predicted octanol–water partition coefficient (Wildman–Crippen LogP) is 5.06. The molecular weight excluding hydrogens is 422 g/mol. The molecule has 2 aliphatic rings. The minimum atomic E-state index is -0.117.